The number of rotatable bonds is 4. The molecule has 0 aliphatic heterocycles. The molecule has 1 aromatic rings. The lowest BCUT2D eigenvalue weighted by molar-refractivity contribution is -0.126. The molecule has 1 saturated carbocycles. The van der Waals surface area contributed by atoms with Gasteiger partial charge in [-0.15, -0.1) is 11.3 Å². The van der Waals surface area contributed by atoms with Gasteiger partial charge >= 0.3 is 0 Å². The molecular weight excluding hydrogens is 262 g/mol. The first-order valence-corrected chi connectivity index (χ1v) is 7.44. The minimum absolute atomic E-state index is 0.156. The third-order valence-corrected chi connectivity index (χ3v) is 4.24. The zero-order valence-electron chi connectivity index (χ0n) is 11.2. The molecule has 1 aliphatic rings. The van der Waals surface area contributed by atoms with Crippen molar-refractivity contribution in [2.75, 3.05) is 5.32 Å². The summed E-state index contributed by atoms with van der Waals surface area (Å²) >= 11 is 1.40. The molecule has 1 heterocycles. The van der Waals surface area contributed by atoms with Crippen LogP contribution in [0.4, 0.5) is 5.13 Å². The fourth-order valence-electron chi connectivity index (χ4n) is 2.50. The predicted octanol–water partition coefficient (Wildman–Crippen LogP) is 2.08. The lowest BCUT2D eigenvalue weighted by atomic mass is 9.97. The Balaban J connectivity index is 2.04. The molecule has 2 N–H and O–H groups in total. The Morgan fingerprint density at radius 2 is 2.11 bits per heavy atom. The van der Waals surface area contributed by atoms with Gasteiger partial charge in [0.25, 0.3) is 0 Å². The van der Waals surface area contributed by atoms with Gasteiger partial charge in [0.1, 0.15) is 6.04 Å². The molecular formula is C13H19N3O2S. The summed E-state index contributed by atoms with van der Waals surface area (Å²) in [4.78, 5) is 27.8. The van der Waals surface area contributed by atoms with E-state index in [9.17, 15) is 9.59 Å². The zero-order valence-corrected chi connectivity index (χ0v) is 12.0. The van der Waals surface area contributed by atoms with E-state index in [1.165, 1.54) is 18.3 Å². The Morgan fingerprint density at radius 3 is 2.63 bits per heavy atom. The molecule has 2 amide bonds. The molecule has 0 aromatic carbocycles. The highest BCUT2D eigenvalue weighted by molar-refractivity contribution is 7.13. The van der Waals surface area contributed by atoms with Crippen molar-refractivity contribution in [2.24, 2.45) is 5.92 Å². The number of thiazole rings is 1. The SMILES string of the molecule is CC(=O)N[C@H](C(=O)Nc1nc(C)cs1)C1CCCC1. The highest BCUT2D eigenvalue weighted by atomic mass is 32.1. The second-order valence-electron chi connectivity index (χ2n) is 5.01. The first-order valence-electron chi connectivity index (χ1n) is 6.56. The van der Waals surface area contributed by atoms with Crippen LogP contribution in [0, 0.1) is 12.8 Å². The van der Waals surface area contributed by atoms with Crippen molar-refractivity contribution in [3.63, 3.8) is 0 Å². The van der Waals surface area contributed by atoms with Crippen molar-refractivity contribution in [2.45, 2.75) is 45.6 Å². The van der Waals surface area contributed by atoms with E-state index in [1.54, 1.807) is 0 Å². The zero-order chi connectivity index (χ0) is 13.8. The maximum absolute atomic E-state index is 12.3. The number of aromatic nitrogens is 1. The van der Waals surface area contributed by atoms with Crippen LogP contribution in [0.2, 0.25) is 0 Å². The minimum atomic E-state index is -0.441. The molecule has 19 heavy (non-hydrogen) atoms. The van der Waals surface area contributed by atoms with Crippen LogP contribution < -0.4 is 10.6 Å². The first kappa shape index (κ1) is 14.0. The Hall–Kier alpha value is -1.43. The van der Waals surface area contributed by atoms with E-state index in [-0.39, 0.29) is 17.7 Å². The van der Waals surface area contributed by atoms with Crippen LogP contribution in [0.25, 0.3) is 0 Å². The second-order valence-corrected chi connectivity index (χ2v) is 5.86. The molecule has 0 spiro atoms. The Labute approximate surface area is 116 Å². The van der Waals surface area contributed by atoms with Crippen molar-refractivity contribution in [1.82, 2.24) is 10.3 Å². The topological polar surface area (TPSA) is 71.1 Å². The molecule has 0 unspecified atom stereocenters. The number of nitrogens with zero attached hydrogens (tertiary/aromatic N) is 1. The highest BCUT2D eigenvalue weighted by Gasteiger charge is 2.31. The lowest BCUT2D eigenvalue weighted by Gasteiger charge is -2.22. The summed E-state index contributed by atoms with van der Waals surface area (Å²) in [6, 6.07) is -0.441. The van der Waals surface area contributed by atoms with Gasteiger partial charge < -0.3 is 10.6 Å². The van der Waals surface area contributed by atoms with Crippen molar-refractivity contribution in [1.29, 1.82) is 0 Å². The van der Waals surface area contributed by atoms with Gasteiger partial charge in [-0.3, -0.25) is 9.59 Å². The van der Waals surface area contributed by atoms with Gasteiger partial charge in [0, 0.05) is 12.3 Å². The van der Waals surface area contributed by atoms with E-state index < -0.39 is 6.04 Å². The normalized spacial score (nSPS) is 17.2. The van der Waals surface area contributed by atoms with Gasteiger partial charge in [-0.25, -0.2) is 4.98 Å². The minimum Gasteiger partial charge on any atom is -0.344 e. The summed E-state index contributed by atoms with van der Waals surface area (Å²) in [5.74, 6) is -0.0798. The number of carbonyl (C=O) groups excluding carboxylic acids is 2. The van der Waals surface area contributed by atoms with Gasteiger partial charge in [-0.05, 0) is 25.7 Å². The Bertz CT molecular complexity index is 466. The Morgan fingerprint density at radius 1 is 1.42 bits per heavy atom. The van der Waals surface area contributed by atoms with Crippen LogP contribution in [0.5, 0.6) is 0 Å². The molecule has 1 atom stereocenters. The maximum atomic E-state index is 12.3. The van der Waals surface area contributed by atoms with Gasteiger partial charge in [0.05, 0.1) is 5.69 Å². The van der Waals surface area contributed by atoms with Crippen LogP contribution in [-0.4, -0.2) is 22.8 Å². The van der Waals surface area contributed by atoms with Crippen molar-refractivity contribution in [3.8, 4) is 0 Å². The molecule has 1 fully saturated rings. The average molecular weight is 281 g/mol. The van der Waals surface area contributed by atoms with E-state index in [0.29, 0.717) is 5.13 Å². The first-order chi connectivity index (χ1) is 9.06. The number of anilines is 1. The van der Waals surface area contributed by atoms with Crippen LogP contribution in [0.15, 0.2) is 5.38 Å². The van der Waals surface area contributed by atoms with Gasteiger partial charge in [-0.1, -0.05) is 12.8 Å². The van der Waals surface area contributed by atoms with E-state index in [2.05, 4.69) is 15.6 Å². The molecule has 2 rings (SSSR count). The molecule has 1 aliphatic carbocycles. The van der Waals surface area contributed by atoms with Crippen LogP contribution in [-0.2, 0) is 9.59 Å². The van der Waals surface area contributed by atoms with Crippen molar-refractivity contribution >= 4 is 28.3 Å². The molecule has 0 saturated heterocycles. The van der Waals surface area contributed by atoms with Crippen molar-refractivity contribution < 1.29 is 9.59 Å². The summed E-state index contributed by atoms with van der Waals surface area (Å²) < 4.78 is 0. The molecule has 1 aromatic heterocycles. The monoisotopic (exact) mass is 281 g/mol. The van der Waals surface area contributed by atoms with Crippen LogP contribution in [0.1, 0.15) is 38.3 Å². The number of aryl methyl sites for hydroxylation is 1. The number of hydrogen-bond donors (Lipinski definition) is 2. The van der Waals surface area contributed by atoms with E-state index in [4.69, 9.17) is 0 Å². The molecule has 104 valence electrons. The number of hydrogen-bond acceptors (Lipinski definition) is 4. The van der Waals surface area contributed by atoms with Crippen molar-refractivity contribution in [3.05, 3.63) is 11.1 Å². The third kappa shape index (κ3) is 3.76. The molecule has 6 heteroatoms. The van der Waals surface area contributed by atoms with E-state index >= 15 is 0 Å². The summed E-state index contributed by atoms with van der Waals surface area (Å²) in [6.45, 7) is 3.33. The summed E-state index contributed by atoms with van der Waals surface area (Å²) in [5, 5.41) is 8.05. The standard InChI is InChI=1S/C13H19N3O2S/c1-8-7-19-13(14-8)16-12(18)11(15-9(2)17)10-5-3-4-6-10/h7,10-11H,3-6H2,1-2H3,(H,15,17)(H,14,16,18)/t11-/m0/s1. The number of carbonyl (C=O) groups is 2. The lowest BCUT2D eigenvalue weighted by Crippen LogP contribution is -2.47. The molecule has 0 radical (unpaired) electrons. The predicted molar refractivity (Wildman–Crippen MR) is 75.0 cm³/mol. The third-order valence-electron chi connectivity index (χ3n) is 3.36. The smallest absolute Gasteiger partial charge is 0.249 e. The molecule has 0 bridgehead atoms. The summed E-state index contributed by atoms with van der Waals surface area (Å²) in [7, 11) is 0. The van der Waals surface area contributed by atoms with Gasteiger partial charge in [-0.2, -0.15) is 0 Å². The highest BCUT2D eigenvalue weighted by Crippen LogP contribution is 2.28. The van der Waals surface area contributed by atoms with E-state index in [1.807, 2.05) is 12.3 Å². The largest absolute Gasteiger partial charge is 0.344 e. The fraction of sp³-hybridized carbons (Fsp3) is 0.615. The summed E-state index contributed by atoms with van der Waals surface area (Å²) in [6.07, 6.45) is 4.25. The quantitative estimate of drug-likeness (QED) is 0.887. The van der Waals surface area contributed by atoms with E-state index in [0.717, 1.165) is 31.4 Å². The number of nitrogens with one attached hydrogen (secondary N) is 2. The van der Waals surface area contributed by atoms with Gasteiger partial charge in [0.2, 0.25) is 11.8 Å². The Kier molecular flexibility index (Phi) is 4.52. The summed E-state index contributed by atoms with van der Waals surface area (Å²) in [5.41, 5.74) is 0.886. The maximum Gasteiger partial charge on any atom is 0.249 e. The second kappa shape index (κ2) is 6.14. The average Bonchev–Trinajstić information content (AvgIpc) is 2.97. The molecule has 5 nitrogen and oxygen atoms in total. The number of amides is 2. The van der Waals surface area contributed by atoms with Crippen LogP contribution >= 0.6 is 11.3 Å². The fourth-order valence-corrected chi connectivity index (χ4v) is 3.19. The van der Waals surface area contributed by atoms with Gasteiger partial charge in [0.15, 0.2) is 5.13 Å². The van der Waals surface area contributed by atoms with Crippen LogP contribution in [0.3, 0.4) is 0 Å².